The minimum absolute atomic E-state index is 0.0318. The first-order chi connectivity index (χ1) is 16.5. The molecule has 0 radical (unpaired) electrons. The summed E-state index contributed by atoms with van der Waals surface area (Å²) in [4.78, 5) is 15.6. The van der Waals surface area contributed by atoms with Crippen molar-refractivity contribution in [1.82, 2.24) is 9.47 Å². The van der Waals surface area contributed by atoms with Gasteiger partial charge in [0.05, 0.1) is 18.3 Å². The van der Waals surface area contributed by atoms with E-state index in [1.165, 1.54) is 0 Å². The summed E-state index contributed by atoms with van der Waals surface area (Å²) in [5.74, 6) is 1.66. The number of aryl methyl sites for hydroxylation is 2. The van der Waals surface area contributed by atoms with Crippen molar-refractivity contribution < 1.29 is 9.21 Å². The topological polar surface area (TPSA) is 38.4 Å². The highest BCUT2D eigenvalue weighted by molar-refractivity contribution is 9.10. The third kappa shape index (κ3) is 3.23. The number of benzene rings is 3. The molecular weight excluding hydrogens is 488 g/mol. The molecule has 4 nitrogen and oxygen atoms in total. The van der Waals surface area contributed by atoms with Crippen molar-refractivity contribution in [2.75, 3.05) is 0 Å². The number of aromatic nitrogens is 1. The average molecular weight is 511 g/mol. The number of hydrogen-bond donors (Lipinski definition) is 0. The van der Waals surface area contributed by atoms with Gasteiger partial charge in [-0.1, -0.05) is 64.5 Å². The standard InChI is InChI=1S/C29H23BrN2O2/c1-18-11-16-21(34-18)17-32-28(22-7-3-4-8-23(22)29(32)33)26-24-9-5-6-10-25(24)31(2)27(26)19-12-14-20(30)15-13-19/h3-16,28H,17H2,1-2H3. The Hall–Kier alpha value is -3.57. The molecule has 1 atom stereocenters. The Labute approximate surface area is 206 Å². The van der Waals surface area contributed by atoms with Crippen LogP contribution in [-0.4, -0.2) is 15.4 Å². The average Bonchev–Trinajstić information content (AvgIpc) is 3.48. The molecule has 1 amide bonds. The van der Waals surface area contributed by atoms with Crippen molar-refractivity contribution >= 4 is 32.7 Å². The molecule has 0 saturated heterocycles. The summed E-state index contributed by atoms with van der Waals surface area (Å²) in [5.41, 5.74) is 6.30. The molecule has 5 aromatic rings. The van der Waals surface area contributed by atoms with E-state index in [2.05, 4.69) is 82.1 Å². The number of furan rings is 1. The molecule has 6 rings (SSSR count). The second kappa shape index (κ2) is 8.03. The maximum Gasteiger partial charge on any atom is 0.255 e. The normalized spacial score (nSPS) is 15.3. The van der Waals surface area contributed by atoms with E-state index in [9.17, 15) is 4.79 Å². The number of para-hydroxylation sites is 1. The summed E-state index contributed by atoms with van der Waals surface area (Å²) >= 11 is 3.56. The number of fused-ring (bicyclic) bond motifs is 2. The van der Waals surface area contributed by atoms with Gasteiger partial charge in [-0.15, -0.1) is 0 Å². The number of nitrogens with zero attached hydrogens (tertiary/aromatic N) is 2. The third-order valence-electron chi connectivity index (χ3n) is 6.72. The highest BCUT2D eigenvalue weighted by Gasteiger charge is 2.41. The number of amides is 1. The van der Waals surface area contributed by atoms with Crippen molar-refractivity contribution in [3.63, 3.8) is 0 Å². The van der Waals surface area contributed by atoms with Crippen LogP contribution in [0.1, 0.15) is 39.0 Å². The summed E-state index contributed by atoms with van der Waals surface area (Å²) in [6.07, 6.45) is 0. The smallest absolute Gasteiger partial charge is 0.255 e. The van der Waals surface area contributed by atoms with E-state index in [1.807, 2.05) is 42.2 Å². The van der Waals surface area contributed by atoms with Gasteiger partial charge in [-0.2, -0.15) is 0 Å². The van der Waals surface area contributed by atoms with E-state index in [0.717, 1.165) is 54.8 Å². The minimum Gasteiger partial charge on any atom is -0.464 e. The van der Waals surface area contributed by atoms with Crippen LogP contribution in [0.15, 0.2) is 93.8 Å². The molecule has 168 valence electrons. The quantitative estimate of drug-likeness (QED) is 0.255. The molecule has 2 aromatic heterocycles. The summed E-state index contributed by atoms with van der Waals surface area (Å²) in [7, 11) is 2.10. The fraction of sp³-hybridized carbons (Fsp3) is 0.138. The van der Waals surface area contributed by atoms with Gasteiger partial charge in [0.2, 0.25) is 0 Å². The highest BCUT2D eigenvalue weighted by Crippen LogP contribution is 2.47. The van der Waals surface area contributed by atoms with Crippen LogP contribution in [0.3, 0.4) is 0 Å². The SMILES string of the molecule is Cc1ccc(CN2C(=O)c3ccccc3C2c2c(-c3ccc(Br)cc3)n(C)c3ccccc23)o1. The van der Waals surface area contributed by atoms with Gasteiger partial charge < -0.3 is 13.9 Å². The van der Waals surface area contributed by atoms with Crippen LogP contribution in [0.2, 0.25) is 0 Å². The molecule has 3 aromatic carbocycles. The molecule has 34 heavy (non-hydrogen) atoms. The molecule has 3 heterocycles. The zero-order valence-corrected chi connectivity index (χ0v) is 20.5. The molecule has 1 aliphatic heterocycles. The second-order valence-corrected chi connectivity index (χ2v) is 9.70. The summed E-state index contributed by atoms with van der Waals surface area (Å²) in [6.45, 7) is 2.34. The molecule has 0 aliphatic carbocycles. The Morgan fingerprint density at radius 2 is 1.65 bits per heavy atom. The third-order valence-corrected chi connectivity index (χ3v) is 7.25. The lowest BCUT2D eigenvalue weighted by atomic mass is 9.93. The lowest BCUT2D eigenvalue weighted by Crippen LogP contribution is -2.28. The van der Waals surface area contributed by atoms with E-state index in [-0.39, 0.29) is 11.9 Å². The van der Waals surface area contributed by atoms with Gasteiger partial charge in [0.25, 0.3) is 5.91 Å². The van der Waals surface area contributed by atoms with Gasteiger partial charge >= 0.3 is 0 Å². The first-order valence-corrected chi connectivity index (χ1v) is 12.1. The van der Waals surface area contributed by atoms with Crippen LogP contribution in [0, 0.1) is 6.92 Å². The Morgan fingerprint density at radius 3 is 2.41 bits per heavy atom. The molecule has 1 unspecified atom stereocenters. The molecule has 1 aliphatic rings. The lowest BCUT2D eigenvalue weighted by Gasteiger charge is -2.26. The Morgan fingerprint density at radius 1 is 0.912 bits per heavy atom. The molecular formula is C29H23BrN2O2. The maximum atomic E-state index is 13.7. The van der Waals surface area contributed by atoms with Gasteiger partial charge in [-0.25, -0.2) is 0 Å². The highest BCUT2D eigenvalue weighted by atomic mass is 79.9. The maximum absolute atomic E-state index is 13.7. The van der Waals surface area contributed by atoms with E-state index in [1.54, 1.807) is 0 Å². The predicted octanol–water partition coefficient (Wildman–Crippen LogP) is 7.25. The Bertz CT molecular complexity index is 1540. The van der Waals surface area contributed by atoms with Gasteiger partial charge in [0.15, 0.2) is 0 Å². The summed E-state index contributed by atoms with van der Waals surface area (Å²) in [6, 6.07) is 28.5. The number of carbonyl (C=O) groups excluding carboxylic acids is 1. The molecule has 0 N–H and O–H groups in total. The minimum atomic E-state index is -0.223. The predicted molar refractivity (Wildman–Crippen MR) is 138 cm³/mol. The molecule has 0 spiro atoms. The molecule has 0 fully saturated rings. The van der Waals surface area contributed by atoms with E-state index in [0.29, 0.717) is 6.54 Å². The van der Waals surface area contributed by atoms with Crippen LogP contribution >= 0.6 is 15.9 Å². The number of hydrogen-bond acceptors (Lipinski definition) is 2. The fourth-order valence-electron chi connectivity index (χ4n) is 5.24. The Kier molecular flexibility index (Phi) is 4.96. The van der Waals surface area contributed by atoms with Gasteiger partial charge in [-0.3, -0.25) is 4.79 Å². The fourth-order valence-corrected chi connectivity index (χ4v) is 5.50. The first kappa shape index (κ1) is 21.0. The van der Waals surface area contributed by atoms with Crippen LogP contribution in [0.5, 0.6) is 0 Å². The Balaban J connectivity index is 1.63. The lowest BCUT2D eigenvalue weighted by molar-refractivity contribution is 0.0723. The largest absolute Gasteiger partial charge is 0.464 e. The van der Waals surface area contributed by atoms with E-state index in [4.69, 9.17) is 4.42 Å². The van der Waals surface area contributed by atoms with Crippen LogP contribution in [0.4, 0.5) is 0 Å². The van der Waals surface area contributed by atoms with Crippen molar-refractivity contribution in [3.8, 4) is 11.3 Å². The van der Waals surface area contributed by atoms with Crippen LogP contribution in [-0.2, 0) is 13.6 Å². The van der Waals surface area contributed by atoms with Crippen molar-refractivity contribution in [1.29, 1.82) is 0 Å². The van der Waals surface area contributed by atoms with E-state index < -0.39 is 0 Å². The molecule has 0 saturated carbocycles. The van der Waals surface area contributed by atoms with Gasteiger partial charge in [-0.05, 0) is 54.4 Å². The second-order valence-electron chi connectivity index (χ2n) is 8.78. The van der Waals surface area contributed by atoms with Gasteiger partial charge in [0.1, 0.15) is 11.5 Å². The zero-order valence-electron chi connectivity index (χ0n) is 19.0. The van der Waals surface area contributed by atoms with Crippen LogP contribution < -0.4 is 0 Å². The van der Waals surface area contributed by atoms with Crippen molar-refractivity contribution in [2.24, 2.45) is 7.05 Å². The monoisotopic (exact) mass is 510 g/mol. The van der Waals surface area contributed by atoms with Crippen molar-refractivity contribution in [2.45, 2.75) is 19.5 Å². The molecule has 0 bridgehead atoms. The molecule has 5 heteroatoms. The summed E-state index contributed by atoms with van der Waals surface area (Å²) < 4.78 is 9.17. The zero-order chi connectivity index (χ0) is 23.4. The summed E-state index contributed by atoms with van der Waals surface area (Å²) in [5, 5.41) is 1.15. The number of rotatable bonds is 4. The van der Waals surface area contributed by atoms with Crippen LogP contribution in [0.25, 0.3) is 22.2 Å². The van der Waals surface area contributed by atoms with Gasteiger partial charge in [0, 0.05) is 33.6 Å². The van der Waals surface area contributed by atoms with Crippen molar-refractivity contribution in [3.05, 3.63) is 118 Å². The number of carbonyl (C=O) groups is 1. The number of halogens is 1. The van der Waals surface area contributed by atoms with E-state index >= 15 is 0 Å². The first-order valence-electron chi connectivity index (χ1n) is 11.3.